The van der Waals surface area contributed by atoms with Crippen molar-refractivity contribution in [3.8, 4) is 0 Å². The zero-order valence-electron chi connectivity index (χ0n) is 11.4. The van der Waals surface area contributed by atoms with Crippen molar-refractivity contribution in [3.05, 3.63) is 17.5 Å². The number of aryl methyl sites for hydroxylation is 2. The van der Waals surface area contributed by atoms with E-state index >= 15 is 0 Å². The molecule has 1 unspecified atom stereocenters. The zero-order valence-corrected chi connectivity index (χ0v) is 11.4. The third kappa shape index (κ3) is 3.10. The van der Waals surface area contributed by atoms with Crippen LogP contribution in [-0.4, -0.2) is 23.0 Å². The number of hydrogen-bond donors (Lipinski definition) is 2. The third-order valence-electron chi connectivity index (χ3n) is 3.70. The highest BCUT2D eigenvalue weighted by Gasteiger charge is 2.22. The van der Waals surface area contributed by atoms with Crippen LogP contribution in [0.3, 0.4) is 0 Å². The Morgan fingerprint density at radius 1 is 1.56 bits per heavy atom. The van der Waals surface area contributed by atoms with E-state index in [9.17, 15) is 0 Å². The molecule has 1 aromatic rings. The van der Waals surface area contributed by atoms with Gasteiger partial charge in [-0.1, -0.05) is 0 Å². The largest absolute Gasteiger partial charge is 0.381 e. The Morgan fingerprint density at radius 3 is 2.89 bits per heavy atom. The molecule has 0 spiro atoms. The van der Waals surface area contributed by atoms with Crippen molar-refractivity contribution < 1.29 is 4.74 Å². The van der Waals surface area contributed by atoms with E-state index in [4.69, 9.17) is 10.6 Å². The van der Waals surface area contributed by atoms with Crippen LogP contribution in [0.15, 0.2) is 6.07 Å². The van der Waals surface area contributed by atoms with E-state index < -0.39 is 0 Å². The first-order valence-electron chi connectivity index (χ1n) is 6.82. The molecule has 1 fully saturated rings. The molecule has 2 heterocycles. The van der Waals surface area contributed by atoms with E-state index in [1.54, 1.807) is 0 Å². The molecule has 0 amide bonds. The van der Waals surface area contributed by atoms with Gasteiger partial charge < -0.3 is 4.74 Å². The van der Waals surface area contributed by atoms with Crippen LogP contribution in [0.1, 0.15) is 43.6 Å². The van der Waals surface area contributed by atoms with Gasteiger partial charge >= 0.3 is 0 Å². The second-order valence-corrected chi connectivity index (χ2v) is 5.04. The van der Waals surface area contributed by atoms with Gasteiger partial charge in [-0.2, -0.15) is 5.10 Å². The van der Waals surface area contributed by atoms with Gasteiger partial charge in [0.2, 0.25) is 0 Å². The Bertz CT molecular complexity index is 371. The zero-order chi connectivity index (χ0) is 13.0. The lowest BCUT2D eigenvalue weighted by Crippen LogP contribution is -2.32. The first kappa shape index (κ1) is 13.5. The summed E-state index contributed by atoms with van der Waals surface area (Å²) in [5.74, 6) is 6.43. The molecule has 1 saturated heterocycles. The fraction of sp³-hybridized carbons (Fsp3) is 0.769. The normalized spacial score (nSPS) is 19.1. The molecule has 0 aromatic carbocycles. The maximum Gasteiger partial charge on any atom is 0.0631 e. The van der Waals surface area contributed by atoms with Crippen LogP contribution in [0.2, 0.25) is 0 Å². The van der Waals surface area contributed by atoms with E-state index in [1.165, 1.54) is 5.69 Å². The molecule has 0 bridgehead atoms. The monoisotopic (exact) mass is 252 g/mol. The van der Waals surface area contributed by atoms with Crippen molar-refractivity contribution in [1.29, 1.82) is 0 Å². The fourth-order valence-corrected chi connectivity index (χ4v) is 2.69. The summed E-state index contributed by atoms with van der Waals surface area (Å²) in [5, 5.41) is 4.49. The SMILES string of the molecule is CCn1nc(C)cc1C(CC1CCOCC1)NN. The standard InChI is InChI=1S/C13H24N4O/c1-3-17-13(8-10(2)16-17)12(15-14)9-11-4-6-18-7-5-11/h8,11-12,15H,3-7,9,14H2,1-2H3. The van der Waals surface area contributed by atoms with Crippen molar-refractivity contribution in [3.63, 3.8) is 0 Å². The van der Waals surface area contributed by atoms with Crippen LogP contribution in [0.5, 0.6) is 0 Å². The summed E-state index contributed by atoms with van der Waals surface area (Å²) in [5.41, 5.74) is 5.20. The Morgan fingerprint density at radius 2 is 2.28 bits per heavy atom. The summed E-state index contributed by atoms with van der Waals surface area (Å²) in [7, 11) is 0. The lowest BCUT2D eigenvalue weighted by molar-refractivity contribution is 0.0602. The quantitative estimate of drug-likeness (QED) is 0.616. The summed E-state index contributed by atoms with van der Waals surface area (Å²) in [6.07, 6.45) is 3.33. The predicted octanol–water partition coefficient (Wildman–Crippen LogP) is 1.53. The first-order valence-corrected chi connectivity index (χ1v) is 6.82. The highest BCUT2D eigenvalue weighted by atomic mass is 16.5. The highest BCUT2D eigenvalue weighted by Crippen LogP contribution is 2.27. The summed E-state index contributed by atoms with van der Waals surface area (Å²) in [4.78, 5) is 0. The van der Waals surface area contributed by atoms with Crippen LogP contribution in [0.25, 0.3) is 0 Å². The minimum Gasteiger partial charge on any atom is -0.381 e. The third-order valence-corrected chi connectivity index (χ3v) is 3.70. The number of nitrogens with one attached hydrogen (secondary N) is 1. The maximum atomic E-state index is 5.73. The molecule has 0 saturated carbocycles. The van der Waals surface area contributed by atoms with E-state index in [1.807, 2.05) is 11.6 Å². The van der Waals surface area contributed by atoms with Crippen molar-refractivity contribution in [2.45, 2.75) is 45.7 Å². The lowest BCUT2D eigenvalue weighted by Gasteiger charge is -2.26. The number of rotatable bonds is 5. The van der Waals surface area contributed by atoms with Crippen LogP contribution >= 0.6 is 0 Å². The first-order chi connectivity index (χ1) is 8.74. The van der Waals surface area contributed by atoms with Crippen molar-refractivity contribution >= 4 is 0 Å². The number of nitrogens with zero attached hydrogens (tertiary/aromatic N) is 2. The summed E-state index contributed by atoms with van der Waals surface area (Å²) in [6, 6.07) is 2.32. The summed E-state index contributed by atoms with van der Waals surface area (Å²) < 4.78 is 7.44. The lowest BCUT2D eigenvalue weighted by atomic mass is 9.91. The molecule has 102 valence electrons. The van der Waals surface area contributed by atoms with Gasteiger partial charge in [-0.15, -0.1) is 0 Å². The van der Waals surface area contributed by atoms with Crippen LogP contribution in [-0.2, 0) is 11.3 Å². The van der Waals surface area contributed by atoms with E-state index in [2.05, 4.69) is 23.5 Å². The summed E-state index contributed by atoms with van der Waals surface area (Å²) >= 11 is 0. The Labute approximate surface area is 109 Å². The molecule has 0 radical (unpaired) electrons. The van der Waals surface area contributed by atoms with E-state index in [0.717, 1.165) is 44.7 Å². The van der Waals surface area contributed by atoms with Crippen LogP contribution < -0.4 is 11.3 Å². The van der Waals surface area contributed by atoms with Gasteiger partial charge in [-0.3, -0.25) is 16.0 Å². The number of hydrazine groups is 1. The number of hydrogen-bond acceptors (Lipinski definition) is 4. The number of ether oxygens (including phenoxy) is 1. The molecular weight excluding hydrogens is 228 g/mol. The average Bonchev–Trinajstić information content (AvgIpc) is 2.78. The second-order valence-electron chi connectivity index (χ2n) is 5.04. The van der Waals surface area contributed by atoms with Gasteiger partial charge in [-0.05, 0) is 45.1 Å². The maximum absolute atomic E-state index is 5.73. The van der Waals surface area contributed by atoms with Gasteiger partial charge in [0.05, 0.1) is 17.4 Å². The molecule has 0 aliphatic carbocycles. The van der Waals surface area contributed by atoms with Gasteiger partial charge in [0.25, 0.3) is 0 Å². The van der Waals surface area contributed by atoms with Gasteiger partial charge in [-0.25, -0.2) is 0 Å². The highest BCUT2D eigenvalue weighted by molar-refractivity contribution is 5.13. The van der Waals surface area contributed by atoms with Crippen LogP contribution in [0, 0.1) is 12.8 Å². The number of aromatic nitrogens is 2. The molecule has 3 N–H and O–H groups in total. The van der Waals surface area contributed by atoms with E-state index in [-0.39, 0.29) is 6.04 Å². The number of nitrogens with two attached hydrogens (primary N) is 1. The molecule has 1 aliphatic rings. The van der Waals surface area contributed by atoms with Crippen molar-refractivity contribution in [2.24, 2.45) is 11.8 Å². The van der Waals surface area contributed by atoms with Crippen LogP contribution in [0.4, 0.5) is 0 Å². The predicted molar refractivity (Wildman–Crippen MR) is 70.9 cm³/mol. The smallest absolute Gasteiger partial charge is 0.0631 e. The molecular formula is C13H24N4O. The van der Waals surface area contributed by atoms with Gasteiger partial charge in [0, 0.05) is 19.8 Å². The fourth-order valence-electron chi connectivity index (χ4n) is 2.69. The molecule has 1 atom stereocenters. The molecule has 1 aliphatic heterocycles. The Balaban J connectivity index is 2.06. The Kier molecular flexibility index (Phi) is 4.74. The molecule has 1 aromatic heterocycles. The van der Waals surface area contributed by atoms with Crippen molar-refractivity contribution in [2.75, 3.05) is 13.2 Å². The topological polar surface area (TPSA) is 65.1 Å². The Hall–Kier alpha value is -0.910. The van der Waals surface area contributed by atoms with Gasteiger partial charge in [0.1, 0.15) is 0 Å². The summed E-state index contributed by atoms with van der Waals surface area (Å²) in [6.45, 7) is 6.78. The molecule has 5 heteroatoms. The van der Waals surface area contributed by atoms with E-state index in [0.29, 0.717) is 5.92 Å². The molecule has 2 rings (SSSR count). The van der Waals surface area contributed by atoms with Gasteiger partial charge in [0.15, 0.2) is 0 Å². The average molecular weight is 252 g/mol. The molecule has 5 nitrogen and oxygen atoms in total. The minimum absolute atomic E-state index is 0.189. The second kappa shape index (κ2) is 6.31. The van der Waals surface area contributed by atoms with Crippen molar-refractivity contribution in [1.82, 2.24) is 15.2 Å². The minimum atomic E-state index is 0.189. The molecule has 18 heavy (non-hydrogen) atoms.